The van der Waals surface area contributed by atoms with Crippen LogP contribution in [0.3, 0.4) is 0 Å². The number of anilines is 1. The van der Waals surface area contributed by atoms with Gasteiger partial charge in [0.1, 0.15) is 11.4 Å². The van der Waals surface area contributed by atoms with Crippen LogP contribution in [0.2, 0.25) is 5.02 Å². The van der Waals surface area contributed by atoms with Crippen LogP contribution in [-0.2, 0) is 0 Å². The number of carboxylic acids is 1. The van der Waals surface area contributed by atoms with Gasteiger partial charge in [-0.2, -0.15) is 0 Å². The van der Waals surface area contributed by atoms with Crippen molar-refractivity contribution in [3.05, 3.63) is 22.8 Å². The first-order valence-corrected chi connectivity index (χ1v) is 6.49. The summed E-state index contributed by atoms with van der Waals surface area (Å²) in [5.41, 5.74) is 0.184. The number of aromatic nitrogens is 1. The van der Waals surface area contributed by atoms with Gasteiger partial charge in [0.15, 0.2) is 0 Å². The highest BCUT2D eigenvalue weighted by molar-refractivity contribution is 6.30. The lowest BCUT2D eigenvalue weighted by molar-refractivity contribution is 0.0697. The molecule has 0 unspecified atom stereocenters. The first-order chi connectivity index (χ1) is 8.47. The van der Waals surface area contributed by atoms with Crippen LogP contribution in [0.25, 0.3) is 0 Å². The van der Waals surface area contributed by atoms with Crippen molar-refractivity contribution >= 4 is 23.4 Å². The average molecular weight is 269 g/mol. The molecule has 0 amide bonds. The minimum Gasteiger partial charge on any atom is -0.478 e. The predicted molar refractivity (Wildman–Crippen MR) is 71.4 cm³/mol. The Balaban J connectivity index is 2.35. The van der Waals surface area contributed by atoms with Crippen LogP contribution in [-0.4, -0.2) is 29.1 Å². The molecule has 1 aliphatic rings. The number of aromatic carboxylic acids is 1. The molecule has 98 valence electrons. The lowest BCUT2D eigenvalue weighted by Crippen LogP contribution is -2.40. The number of nitrogens with zero attached hydrogens (tertiary/aromatic N) is 2. The summed E-state index contributed by atoms with van der Waals surface area (Å²) in [6.45, 7) is 6.05. The van der Waals surface area contributed by atoms with Crippen molar-refractivity contribution in [3.8, 4) is 0 Å². The van der Waals surface area contributed by atoms with Crippen LogP contribution in [0.1, 0.15) is 30.6 Å². The van der Waals surface area contributed by atoms with Crippen LogP contribution in [0.15, 0.2) is 12.3 Å². The zero-order chi connectivity index (χ0) is 13.3. The number of pyridine rings is 1. The molecular weight excluding hydrogens is 252 g/mol. The van der Waals surface area contributed by atoms with Crippen LogP contribution in [0, 0.1) is 11.8 Å². The van der Waals surface area contributed by atoms with Crippen molar-refractivity contribution in [2.45, 2.75) is 20.3 Å². The van der Waals surface area contributed by atoms with Crippen molar-refractivity contribution in [3.63, 3.8) is 0 Å². The van der Waals surface area contributed by atoms with E-state index in [0.29, 0.717) is 22.7 Å². The molecule has 1 aromatic rings. The fourth-order valence-electron chi connectivity index (χ4n) is 2.68. The van der Waals surface area contributed by atoms with E-state index >= 15 is 0 Å². The smallest absolute Gasteiger partial charge is 0.339 e. The van der Waals surface area contributed by atoms with Gasteiger partial charge in [-0.25, -0.2) is 9.78 Å². The molecule has 0 spiro atoms. The summed E-state index contributed by atoms with van der Waals surface area (Å²) in [6.07, 6.45) is 2.68. The summed E-state index contributed by atoms with van der Waals surface area (Å²) in [5, 5.41) is 9.58. The Kier molecular flexibility index (Phi) is 3.76. The van der Waals surface area contributed by atoms with Gasteiger partial charge in [0, 0.05) is 19.3 Å². The van der Waals surface area contributed by atoms with E-state index in [1.165, 1.54) is 18.7 Å². The zero-order valence-electron chi connectivity index (χ0n) is 10.6. The summed E-state index contributed by atoms with van der Waals surface area (Å²) >= 11 is 5.81. The third-order valence-electron chi connectivity index (χ3n) is 3.23. The normalized spacial score (nSPS) is 24.1. The molecule has 1 saturated heterocycles. The molecule has 2 heterocycles. The van der Waals surface area contributed by atoms with Crippen LogP contribution in [0.4, 0.5) is 5.82 Å². The second-order valence-corrected chi connectivity index (χ2v) is 5.62. The number of rotatable bonds is 2. The molecule has 1 fully saturated rings. The summed E-state index contributed by atoms with van der Waals surface area (Å²) in [7, 11) is 0. The van der Waals surface area contributed by atoms with Crippen molar-refractivity contribution < 1.29 is 9.90 Å². The SMILES string of the molecule is C[C@@H]1C[C@H](C)CN(c2ncc(Cl)cc2C(=O)O)C1. The average Bonchev–Trinajstić information content (AvgIpc) is 2.27. The fourth-order valence-corrected chi connectivity index (χ4v) is 2.84. The Morgan fingerprint density at radius 1 is 1.44 bits per heavy atom. The third kappa shape index (κ3) is 2.75. The van der Waals surface area contributed by atoms with Gasteiger partial charge in [-0.1, -0.05) is 25.4 Å². The van der Waals surface area contributed by atoms with Crippen molar-refractivity contribution in [2.75, 3.05) is 18.0 Å². The Bertz CT molecular complexity index is 454. The van der Waals surface area contributed by atoms with Gasteiger partial charge in [0.05, 0.1) is 5.02 Å². The molecule has 0 saturated carbocycles. The van der Waals surface area contributed by atoms with E-state index in [-0.39, 0.29) is 5.56 Å². The van der Waals surface area contributed by atoms with Crippen LogP contribution in [0.5, 0.6) is 0 Å². The number of piperidine rings is 1. The monoisotopic (exact) mass is 268 g/mol. The van der Waals surface area contributed by atoms with E-state index in [0.717, 1.165) is 13.1 Å². The standard InChI is InChI=1S/C13H17ClN2O2/c1-8-3-9(2)7-16(6-8)12-11(13(17)18)4-10(14)5-15-12/h4-5,8-9H,3,6-7H2,1-2H3,(H,17,18)/t8-,9+. The lowest BCUT2D eigenvalue weighted by Gasteiger charge is -2.36. The maximum Gasteiger partial charge on any atom is 0.339 e. The second kappa shape index (κ2) is 5.14. The van der Waals surface area contributed by atoms with E-state index in [1.807, 2.05) is 0 Å². The van der Waals surface area contributed by atoms with Crippen LogP contribution < -0.4 is 4.90 Å². The van der Waals surface area contributed by atoms with Gasteiger partial charge in [-0.05, 0) is 24.3 Å². The van der Waals surface area contributed by atoms with Gasteiger partial charge in [-0.3, -0.25) is 0 Å². The number of carboxylic acid groups (broad SMARTS) is 1. The molecule has 0 aromatic carbocycles. The topological polar surface area (TPSA) is 53.4 Å². The Morgan fingerprint density at radius 2 is 2.06 bits per heavy atom. The molecule has 2 atom stereocenters. The Hall–Kier alpha value is -1.29. The summed E-state index contributed by atoms with van der Waals surface area (Å²) in [6, 6.07) is 1.47. The number of halogens is 1. The Morgan fingerprint density at radius 3 is 2.61 bits per heavy atom. The minimum atomic E-state index is -0.981. The number of carbonyl (C=O) groups is 1. The first-order valence-electron chi connectivity index (χ1n) is 6.11. The van der Waals surface area contributed by atoms with Gasteiger partial charge < -0.3 is 10.0 Å². The highest BCUT2D eigenvalue weighted by atomic mass is 35.5. The van der Waals surface area contributed by atoms with E-state index in [9.17, 15) is 9.90 Å². The van der Waals surface area contributed by atoms with E-state index in [4.69, 9.17) is 11.6 Å². The summed E-state index contributed by atoms with van der Waals surface area (Å²) < 4.78 is 0. The number of hydrogen-bond acceptors (Lipinski definition) is 3. The summed E-state index contributed by atoms with van der Waals surface area (Å²) in [5.74, 6) is 0.650. The van der Waals surface area contributed by atoms with E-state index in [2.05, 4.69) is 23.7 Å². The highest BCUT2D eigenvalue weighted by Crippen LogP contribution is 2.28. The lowest BCUT2D eigenvalue weighted by atomic mass is 9.91. The summed E-state index contributed by atoms with van der Waals surface area (Å²) in [4.78, 5) is 17.5. The van der Waals surface area contributed by atoms with Gasteiger partial charge in [0.25, 0.3) is 0 Å². The molecule has 5 heteroatoms. The van der Waals surface area contributed by atoms with Gasteiger partial charge in [-0.15, -0.1) is 0 Å². The molecule has 0 bridgehead atoms. The van der Waals surface area contributed by atoms with Crippen molar-refractivity contribution in [2.24, 2.45) is 11.8 Å². The quantitative estimate of drug-likeness (QED) is 0.896. The van der Waals surface area contributed by atoms with E-state index < -0.39 is 5.97 Å². The van der Waals surface area contributed by atoms with Crippen molar-refractivity contribution in [1.29, 1.82) is 0 Å². The third-order valence-corrected chi connectivity index (χ3v) is 3.44. The molecule has 0 aliphatic carbocycles. The molecule has 2 rings (SSSR count). The van der Waals surface area contributed by atoms with Crippen molar-refractivity contribution in [1.82, 2.24) is 4.98 Å². The molecule has 18 heavy (non-hydrogen) atoms. The van der Waals surface area contributed by atoms with Gasteiger partial charge >= 0.3 is 5.97 Å². The zero-order valence-corrected chi connectivity index (χ0v) is 11.3. The number of hydrogen-bond donors (Lipinski definition) is 1. The molecule has 4 nitrogen and oxygen atoms in total. The molecule has 1 aliphatic heterocycles. The molecule has 1 N–H and O–H groups in total. The van der Waals surface area contributed by atoms with Crippen LogP contribution >= 0.6 is 11.6 Å². The predicted octanol–water partition coefficient (Wildman–Crippen LogP) is 2.92. The largest absolute Gasteiger partial charge is 0.478 e. The minimum absolute atomic E-state index is 0.184. The maximum atomic E-state index is 11.3. The van der Waals surface area contributed by atoms with Gasteiger partial charge in [0.2, 0.25) is 0 Å². The maximum absolute atomic E-state index is 11.3. The molecule has 1 aromatic heterocycles. The molecule has 0 radical (unpaired) electrons. The molecular formula is C13H17ClN2O2. The first kappa shape index (κ1) is 13.1. The Labute approximate surface area is 112 Å². The highest BCUT2D eigenvalue weighted by Gasteiger charge is 2.26. The van der Waals surface area contributed by atoms with E-state index in [1.54, 1.807) is 0 Å². The fraction of sp³-hybridized carbons (Fsp3) is 0.538. The second-order valence-electron chi connectivity index (χ2n) is 5.18.